The SMILES string of the molecule is CCNCCOCCC[O]. The van der Waals surface area contributed by atoms with Crippen LogP contribution in [-0.2, 0) is 9.84 Å². The molecule has 10 heavy (non-hydrogen) atoms. The van der Waals surface area contributed by atoms with Gasteiger partial charge in [0, 0.05) is 13.2 Å². The zero-order valence-electron chi connectivity index (χ0n) is 6.56. The van der Waals surface area contributed by atoms with Crippen molar-refractivity contribution < 1.29 is 9.84 Å². The van der Waals surface area contributed by atoms with Gasteiger partial charge in [0.2, 0.25) is 0 Å². The van der Waals surface area contributed by atoms with E-state index in [1.54, 1.807) is 0 Å². The van der Waals surface area contributed by atoms with Crippen LogP contribution in [-0.4, -0.2) is 32.9 Å². The number of nitrogens with one attached hydrogen (secondary N) is 1. The van der Waals surface area contributed by atoms with Gasteiger partial charge >= 0.3 is 0 Å². The molecule has 0 spiro atoms. The zero-order chi connectivity index (χ0) is 7.66. The van der Waals surface area contributed by atoms with Crippen LogP contribution in [0.4, 0.5) is 0 Å². The highest BCUT2D eigenvalue weighted by molar-refractivity contribution is 4.40. The molecular formula is C7H16NO2. The van der Waals surface area contributed by atoms with Crippen LogP contribution < -0.4 is 5.32 Å². The Labute approximate surface area is 62.4 Å². The number of ether oxygens (including phenoxy) is 1. The van der Waals surface area contributed by atoms with Crippen LogP contribution in [0.15, 0.2) is 0 Å². The Morgan fingerprint density at radius 2 is 2.20 bits per heavy atom. The van der Waals surface area contributed by atoms with Gasteiger partial charge in [-0.15, -0.1) is 0 Å². The van der Waals surface area contributed by atoms with E-state index in [1.165, 1.54) is 0 Å². The van der Waals surface area contributed by atoms with E-state index in [0.717, 1.165) is 13.1 Å². The summed E-state index contributed by atoms with van der Waals surface area (Å²) >= 11 is 0. The highest BCUT2D eigenvalue weighted by Gasteiger charge is 1.86. The minimum absolute atomic E-state index is 0.0266. The molecule has 0 aromatic rings. The molecule has 0 bridgehead atoms. The van der Waals surface area contributed by atoms with Crippen LogP contribution >= 0.6 is 0 Å². The van der Waals surface area contributed by atoms with Crippen LogP contribution in [0.1, 0.15) is 13.3 Å². The molecule has 1 N–H and O–H groups in total. The summed E-state index contributed by atoms with van der Waals surface area (Å²) in [5.74, 6) is 0. The Hall–Kier alpha value is -0.120. The van der Waals surface area contributed by atoms with Crippen LogP contribution in [0.3, 0.4) is 0 Å². The smallest absolute Gasteiger partial charge is 0.0844 e. The Bertz CT molecular complexity index is 51.6. The van der Waals surface area contributed by atoms with Crippen molar-refractivity contribution in [2.24, 2.45) is 0 Å². The second-order valence-electron chi connectivity index (χ2n) is 2.02. The van der Waals surface area contributed by atoms with Crippen LogP contribution in [0.25, 0.3) is 0 Å². The van der Waals surface area contributed by atoms with Crippen molar-refractivity contribution in [3.8, 4) is 0 Å². The van der Waals surface area contributed by atoms with Gasteiger partial charge in [-0.1, -0.05) is 6.92 Å². The van der Waals surface area contributed by atoms with Gasteiger partial charge in [-0.25, -0.2) is 5.11 Å². The fraction of sp³-hybridized carbons (Fsp3) is 1.00. The molecule has 0 aliphatic rings. The lowest BCUT2D eigenvalue weighted by Crippen LogP contribution is -2.19. The number of hydrogen-bond acceptors (Lipinski definition) is 2. The first-order valence-electron chi connectivity index (χ1n) is 3.78. The van der Waals surface area contributed by atoms with Gasteiger partial charge in [0.05, 0.1) is 13.2 Å². The second-order valence-corrected chi connectivity index (χ2v) is 2.02. The number of hydrogen-bond donors (Lipinski definition) is 1. The standard InChI is InChI=1S/C7H16NO2/c1-2-8-4-7-10-6-3-5-9/h8H,2-7H2,1H3. The molecule has 0 amide bonds. The highest BCUT2D eigenvalue weighted by Crippen LogP contribution is 1.79. The van der Waals surface area contributed by atoms with Crippen molar-refractivity contribution >= 4 is 0 Å². The third-order valence-electron chi connectivity index (χ3n) is 1.11. The quantitative estimate of drug-likeness (QED) is 0.529. The van der Waals surface area contributed by atoms with Crippen molar-refractivity contribution in [2.75, 3.05) is 32.9 Å². The maximum absolute atomic E-state index is 9.92. The van der Waals surface area contributed by atoms with Gasteiger partial charge in [0.25, 0.3) is 0 Å². The summed E-state index contributed by atoms with van der Waals surface area (Å²) in [5.41, 5.74) is 0. The second kappa shape index (κ2) is 8.88. The van der Waals surface area contributed by atoms with Crippen molar-refractivity contribution in [1.82, 2.24) is 5.32 Å². The Morgan fingerprint density at radius 3 is 2.80 bits per heavy atom. The maximum atomic E-state index is 9.92. The lowest BCUT2D eigenvalue weighted by Gasteiger charge is -2.01. The van der Waals surface area contributed by atoms with E-state index in [-0.39, 0.29) is 6.61 Å². The molecule has 0 aromatic heterocycles. The van der Waals surface area contributed by atoms with Crippen LogP contribution in [0.2, 0.25) is 0 Å². The number of rotatable bonds is 7. The van der Waals surface area contributed by atoms with E-state index in [4.69, 9.17) is 4.74 Å². The van der Waals surface area contributed by atoms with Crippen molar-refractivity contribution in [2.45, 2.75) is 13.3 Å². The minimum atomic E-state index is -0.0266. The van der Waals surface area contributed by atoms with Gasteiger partial charge in [-0.05, 0) is 13.0 Å². The van der Waals surface area contributed by atoms with Gasteiger partial charge in [0.1, 0.15) is 0 Å². The molecule has 1 radical (unpaired) electrons. The predicted octanol–water partition coefficient (Wildman–Crippen LogP) is 0.433. The third kappa shape index (κ3) is 7.88. The summed E-state index contributed by atoms with van der Waals surface area (Å²) in [6.07, 6.45) is 0.631. The van der Waals surface area contributed by atoms with Gasteiger partial charge in [-0.3, -0.25) is 0 Å². The van der Waals surface area contributed by atoms with Crippen LogP contribution in [0.5, 0.6) is 0 Å². The fourth-order valence-electron chi connectivity index (χ4n) is 0.584. The molecule has 0 saturated carbocycles. The molecule has 0 saturated heterocycles. The average Bonchev–Trinajstić information content (AvgIpc) is 1.97. The molecule has 0 unspecified atom stereocenters. The third-order valence-corrected chi connectivity index (χ3v) is 1.11. The first-order chi connectivity index (χ1) is 4.91. The molecule has 3 heteroatoms. The lowest BCUT2D eigenvalue weighted by molar-refractivity contribution is 0.100. The molecule has 0 heterocycles. The Morgan fingerprint density at radius 1 is 1.40 bits per heavy atom. The Balaban J connectivity index is 2.65. The molecule has 0 aliphatic heterocycles. The fourth-order valence-corrected chi connectivity index (χ4v) is 0.584. The summed E-state index contributed by atoms with van der Waals surface area (Å²) in [7, 11) is 0. The zero-order valence-corrected chi connectivity index (χ0v) is 6.56. The van der Waals surface area contributed by atoms with E-state index in [1.807, 2.05) is 0 Å². The van der Waals surface area contributed by atoms with Gasteiger partial charge in [-0.2, -0.15) is 0 Å². The monoisotopic (exact) mass is 146 g/mol. The average molecular weight is 146 g/mol. The Kier molecular flexibility index (Phi) is 8.77. The molecular weight excluding hydrogens is 130 g/mol. The van der Waals surface area contributed by atoms with Crippen molar-refractivity contribution in [3.63, 3.8) is 0 Å². The van der Waals surface area contributed by atoms with E-state index < -0.39 is 0 Å². The molecule has 0 rings (SSSR count). The largest absolute Gasteiger partial charge is 0.380 e. The van der Waals surface area contributed by atoms with E-state index in [2.05, 4.69) is 12.2 Å². The molecule has 0 aliphatic carbocycles. The topological polar surface area (TPSA) is 41.2 Å². The van der Waals surface area contributed by atoms with E-state index in [9.17, 15) is 5.11 Å². The molecule has 3 nitrogen and oxygen atoms in total. The first kappa shape index (κ1) is 9.88. The summed E-state index contributed by atoms with van der Waals surface area (Å²) < 4.78 is 5.11. The van der Waals surface area contributed by atoms with Crippen molar-refractivity contribution in [1.29, 1.82) is 0 Å². The first-order valence-corrected chi connectivity index (χ1v) is 3.78. The summed E-state index contributed by atoms with van der Waals surface area (Å²) in [6.45, 7) is 5.21. The summed E-state index contributed by atoms with van der Waals surface area (Å²) in [4.78, 5) is 0. The summed E-state index contributed by atoms with van der Waals surface area (Å²) in [6, 6.07) is 0. The molecule has 0 fully saturated rings. The normalized spacial score (nSPS) is 10.2. The van der Waals surface area contributed by atoms with Crippen LogP contribution in [0, 0.1) is 0 Å². The number of likely N-dealkylation sites (N-methyl/N-ethyl adjacent to an activating group) is 1. The highest BCUT2D eigenvalue weighted by atomic mass is 16.5. The molecule has 0 aromatic carbocycles. The maximum Gasteiger partial charge on any atom is 0.0844 e. The summed E-state index contributed by atoms with van der Waals surface area (Å²) in [5, 5.41) is 13.0. The van der Waals surface area contributed by atoms with Gasteiger partial charge < -0.3 is 10.1 Å². The van der Waals surface area contributed by atoms with E-state index >= 15 is 0 Å². The minimum Gasteiger partial charge on any atom is -0.380 e. The van der Waals surface area contributed by atoms with E-state index in [0.29, 0.717) is 19.6 Å². The molecule has 0 atom stereocenters. The predicted molar refractivity (Wildman–Crippen MR) is 39.5 cm³/mol. The molecule has 61 valence electrons. The lowest BCUT2D eigenvalue weighted by atomic mass is 10.5. The van der Waals surface area contributed by atoms with Gasteiger partial charge in [0.15, 0.2) is 0 Å². The van der Waals surface area contributed by atoms with Crippen molar-refractivity contribution in [3.05, 3.63) is 0 Å².